The van der Waals surface area contributed by atoms with Gasteiger partial charge in [-0.1, -0.05) is 12.1 Å². The number of hydrogen-bond donors (Lipinski definition) is 2. The largest absolute Gasteiger partial charge is 0.508 e. The Morgan fingerprint density at radius 2 is 2.00 bits per heavy atom. The summed E-state index contributed by atoms with van der Waals surface area (Å²) in [5.74, 6) is 0.944. The Balaban J connectivity index is 2.36. The fourth-order valence-electron chi connectivity index (χ4n) is 1.32. The topological polar surface area (TPSA) is 49.3 Å². The first-order valence-corrected chi connectivity index (χ1v) is 6.62. The second-order valence-corrected chi connectivity index (χ2v) is 5.17. The van der Waals surface area contributed by atoms with Gasteiger partial charge in [-0.3, -0.25) is 4.21 Å². The fraction of sp³-hybridized carbons (Fsp3) is 0.455. The zero-order valence-corrected chi connectivity index (χ0v) is 9.88. The van der Waals surface area contributed by atoms with Gasteiger partial charge in [0.25, 0.3) is 0 Å². The maximum atomic E-state index is 10.9. The molecule has 0 heterocycles. The minimum Gasteiger partial charge on any atom is -0.508 e. The van der Waals surface area contributed by atoms with Crippen LogP contribution in [0.1, 0.15) is 12.5 Å². The molecule has 0 spiro atoms. The first kappa shape index (κ1) is 12.2. The lowest BCUT2D eigenvalue weighted by molar-refractivity contribution is 0.475. The van der Waals surface area contributed by atoms with Crippen LogP contribution in [0.2, 0.25) is 0 Å². The van der Waals surface area contributed by atoms with Gasteiger partial charge in [-0.05, 0) is 24.6 Å². The molecule has 0 aromatic heterocycles. The van der Waals surface area contributed by atoms with Crippen molar-refractivity contribution in [3.8, 4) is 5.75 Å². The molecule has 1 aromatic rings. The van der Waals surface area contributed by atoms with Crippen molar-refractivity contribution in [2.75, 3.05) is 12.0 Å². The number of rotatable bonds is 5. The van der Waals surface area contributed by atoms with Gasteiger partial charge >= 0.3 is 0 Å². The van der Waals surface area contributed by atoms with Crippen molar-refractivity contribution in [1.82, 2.24) is 5.32 Å². The number of hydrogen-bond acceptors (Lipinski definition) is 3. The molecule has 0 saturated carbocycles. The average molecular weight is 227 g/mol. The van der Waals surface area contributed by atoms with Gasteiger partial charge in [0, 0.05) is 35.4 Å². The summed E-state index contributed by atoms with van der Waals surface area (Å²) in [7, 11) is -0.760. The van der Waals surface area contributed by atoms with E-state index in [2.05, 4.69) is 5.32 Å². The summed E-state index contributed by atoms with van der Waals surface area (Å²) < 4.78 is 10.9. The lowest BCUT2D eigenvalue weighted by Gasteiger charge is -2.12. The Kier molecular flexibility index (Phi) is 4.78. The number of nitrogens with one attached hydrogen (secondary N) is 1. The number of phenolic OH excluding ortho intramolecular Hbond substituents is 1. The van der Waals surface area contributed by atoms with Crippen molar-refractivity contribution in [1.29, 1.82) is 0 Å². The van der Waals surface area contributed by atoms with Crippen LogP contribution in [0.3, 0.4) is 0 Å². The highest BCUT2D eigenvalue weighted by atomic mass is 32.2. The molecule has 1 rings (SSSR count). The lowest BCUT2D eigenvalue weighted by atomic mass is 10.2. The minimum atomic E-state index is -0.760. The number of benzene rings is 1. The molecule has 0 radical (unpaired) electrons. The Hall–Kier alpha value is -0.870. The molecule has 0 aliphatic rings. The summed E-state index contributed by atoms with van der Waals surface area (Å²) in [6.07, 6.45) is 1.71. The molecular weight excluding hydrogens is 210 g/mol. The van der Waals surface area contributed by atoms with E-state index in [4.69, 9.17) is 5.11 Å². The third kappa shape index (κ3) is 4.95. The van der Waals surface area contributed by atoms with Crippen molar-refractivity contribution in [3.05, 3.63) is 29.8 Å². The van der Waals surface area contributed by atoms with Crippen LogP contribution >= 0.6 is 0 Å². The lowest BCUT2D eigenvalue weighted by Crippen LogP contribution is -2.30. The van der Waals surface area contributed by atoms with Gasteiger partial charge < -0.3 is 10.4 Å². The summed E-state index contributed by atoms with van der Waals surface area (Å²) >= 11 is 0. The molecule has 1 aromatic carbocycles. The molecule has 2 N–H and O–H groups in total. The van der Waals surface area contributed by atoms with Crippen molar-refractivity contribution in [3.63, 3.8) is 0 Å². The summed E-state index contributed by atoms with van der Waals surface area (Å²) in [5.41, 5.74) is 1.11. The van der Waals surface area contributed by atoms with Crippen LogP contribution in [0, 0.1) is 0 Å². The third-order valence-corrected chi connectivity index (χ3v) is 3.05. The van der Waals surface area contributed by atoms with Gasteiger partial charge in [0.2, 0.25) is 0 Å². The molecule has 0 saturated heterocycles. The SMILES string of the molecule is CC(CS(C)=O)NCc1ccc(O)cc1. The van der Waals surface area contributed by atoms with E-state index in [-0.39, 0.29) is 11.8 Å². The van der Waals surface area contributed by atoms with Crippen LogP contribution in [0.15, 0.2) is 24.3 Å². The molecule has 84 valence electrons. The summed E-state index contributed by atoms with van der Waals surface area (Å²) in [6.45, 7) is 2.75. The maximum Gasteiger partial charge on any atom is 0.115 e. The molecule has 4 heteroatoms. The van der Waals surface area contributed by atoms with Crippen LogP contribution in [0.4, 0.5) is 0 Å². The Morgan fingerprint density at radius 3 is 2.53 bits per heavy atom. The monoisotopic (exact) mass is 227 g/mol. The smallest absolute Gasteiger partial charge is 0.115 e. The van der Waals surface area contributed by atoms with Crippen LogP contribution in [0.25, 0.3) is 0 Å². The third-order valence-electron chi connectivity index (χ3n) is 2.08. The van der Waals surface area contributed by atoms with E-state index >= 15 is 0 Å². The van der Waals surface area contributed by atoms with Gasteiger partial charge in [-0.2, -0.15) is 0 Å². The van der Waals surface area contributed by atoms with E-state index in [1.165, 1.54) is 0 Å². The van der Waals surface area contributed by atoms with E-state index in [0.29, 0.717) is 5.75 Å². The van der Waals surface area contributed by atoms with Crippen LogP contribution in [0.5, 0.6) is 5.75 Å². The van der Waals surface area contributed by atoms with E-state index < -0.39 is 10.8 Å². The van der Waals surface area contributed by atoms with E-state index in [1.807, 2.05) is 19.1 Å². The molecule has 0 aliphatic carbocycles. The highest BCUT2D eigenvalue weighted by molar-refractivity contribution is 7.84. The molecule has 2 atom stereocenters. The molecule has 0 aliphatic heterocycles. The second kappa shape index (κ2) is 5.88. The van der Waals surface area contributed by atoms with Crippen molar-refractivity contribution in [2.24, 2.45) is 0 Å². The molecule has 0 bridgehead atoms. The second-order valence-electron chi connectivity index (χ2n) is 3.69. The van der Waals surface area contributed by atoms with Gasteiger partial charge in [0.05, 0.1) is 0 Å². The molecular formula is C11H17NO2S. The number of phenols is 1. The number of aromatic hydroxyl groups is 1. The quantitative estimate of drug-likeness (QED) is 0.796. The van der Waals surface area contributed by atoms with E-state index in [1.54, 1.807) is 18.4 Å². The minimum absolute atomic E-state index is 0.240. The van der Waals surface area contributed by atoms with Crippen molar-refractivity contribution < 1.29 is 9.32 Å². The summed E-state index contributed by atoms with van der Waals surface area (Å²) in [4.78, 5) is 0. The highest BCUT2D eigenvalue weighted by Crippen LogP contribution is 2.09. The average Bonchev–Trinajstić information content (AvgIpc) is 2.16. The standard InChI is InChI=1S/C11H17NO2S/c1-9(8-15(2)14)12-7-10-3-5-11(13)6-4-10/h3-6,9,12-13H,7-8H2,1-2H3. The Labute approximate surface area is 93.0 Å². The molecule has 0 fully saturated rings. The summed E-state index contributed by atoms with van der Waals surface area (Å²) in [6, 6.07) is 7.32. The maximum absolute atomic E-state index is 10.9. The van der Waals surface area contributed by atoms with E-state index in [9.17, 15) is 4.21 Å². The fourth-order valence-corrected chi connectivity index (χ4v) is 2.14. The zero-order valence-electron chi connectivity index (χ0n) is 9.06. The summed E-state index contributed by atoms with van der Waals surface area (Å²) in [5, 5.41) is 12.4. The van der Waals surface area contributed by atoms with Crippen LogP contribution < -0.4 is 5.32 Å². The van der Waals surface area contributed by atoms with Gasteiger partial charge in [-0.25, -0.2) is 0 Å². The molecule has 3 nitrogen and oxygen atoms in total. The molecule has 2 unspecified atom stereocenters. The molecule has 0 amide bonds. The van der Waals surface area contributed by atoms with E-state index in [0.717, 1.165) is 12.1 Å². The highest BCUT2D eigenvalue weighted by Gasteiger charge is 2.03. The first-order valence-electron chi connectivity index (χ1n) is 4.89. The molecule has 15 heavy (non-hydrogen) atoms. The first-order chi connectivity index (χ1) is 7.08. The van der Waals surface area contributed by atoms with Crippen molar-refractivity contribution >= 4 is 10.8 Å². The Morgan fingerprint density at radius 1 is 1.40 bits per heavy atom. The Bertz CT molecular complexity index is 324. The van der Waals surface area contributed by atoms with Crippen molar-refractivity contribution in [2.45, 2.75) is 19.5 Å². The van der Waals surface area contributed by atoms with Gasteiger partial charge in [0.1, 0.15) is 5.75 Å². The predicted octanol–water partition coefficient (Wildman–Crippen LogP) is 1.25. The predicted molar refractivity (Wildman–Crippen MR) is 63.3 cm³/mol. The van der Waals surface area contributed by atoms with Crippen LogP contribution in [-0.4, -0.2) is 27.4 Å². The zero-order chi connectivity index (χ0) is 11.3. The normalized spacial score (nSPS) is 14.8. The van der Waals surface area contributed by atoms with Crippen LogP contribution in [-0.2, 0) is 17.3 Å². The van der Waals surface area contributed by atoms with Gasteiger partial charge in [-0.15, -0.1) is 0 Å². The van der Waals surface area contributed by atoms with Gasteiger partial charge in [0.15, 0.2) is 0 Å².